The van der Waals surface area contributed by atoms with Crippen molar-refractivity contribution in [2.75, 3.05) is 6.54 Å². The second kappa shape index (κ2) is 5.10. The summed E-state index contributed by atoms with van der Waals surface area (Å²) in [5, 5.41) is 18.7. The van der Waals surface area contributed by atoms with Gasteiger partial charge in [-0.05, 0) is 12.1 Å². The average Bonchev–Trinajstić information content (AvgIpc) is 2.88. The second-order valence-corrected chi connectivity index (χ2v) is 4.95. The van der Waals surface area contributed by atoms with Crippen LogP contribution in [0.4, 0.5) is 0 Å². The van der Waals surface area contributed by atoms with E-state index in [1.165, 1.54) is 6.20 Å². The molecule has 7 nitrogen and oxygen atoms in total. The van der Waals surface area contributed by atoms with Crippen molar-refractivity contribution in [3.8, 4) is 0 Å². The highest BCUT2D eigenvalue weighted by Gasteiger charge is 2.39. The van der Waals surface area contributed by atoms with Crippen molar-refractivity contribution in [2.45, 2.75) is 18.6 Å². The molecule has 1 fully saturated rings. The summed E-state index contributed by atoms with van der Waals surface area (Å²) in [7, 11) is 0. The van der Waals surface area contributed by atoms with Gasteiger partial charge in [-0.3, -0.25) is 9.78 Å². The zero-order valence-electron chi connectivity index (χ0n) is 11.0. The Morgan fingerprint density at radius 1 is 1.24 bits per heavy atom. The Balaban J connectivity index is 1.94. The maximum Gasteiger partial charge on any atom is 0.326 e. The van der Waals surface area contributed by atoms with Crippen LogP contribution in [0.15, 0.2) is 30.5 Å². The SMILES string of the molecule is O=C(O)[C@@H]1CC(O)CN1C(=O)c1cnc2ccccc2n1. The van der Waals surface area contributed by atoms with E-state index in [1.54, 1.807) is 18.2 Å². The summed E-state index contributed by atoms with van der Waals surface area (Å²) in [6.07, 6.45) is 0.527. The Labute approximate surface area is 119 Å². The fourth-order valence-electron chi connectivity index (χ4n) is 2.48. The van der Waals surface area contributed by atoms with Crippen LogP contribution in [0, 0.1) is 0 Å². The second-order valence-electron chi connectivity index (χ2n) is 4.95. The number of carbonyl (C=O) groups excluding carboxylic acids is 1. The van der Waals surface area contributed by atoms with E-state index < -0.39 is 24.0 Å². The van der Waals surface area contributed by atoms with Crippen molar-refractivity contribution in [2.24, 2.45) is 0 Å². The minimum atomic E-state index is -1.13. The number of aliphatic hydroxyl groups is 1. The number of benzene rings is 1. The summed E-state index contributed by atoms with van der Waals surface area (Å²) in [6.45, 7) is -0.00962. The van der Waals surface area contributed by atoms with Gasteiger partial charge >= 0.3 is 5.97 Å². The number of carboxylic acid groups (broad SMARTS) is 1. The zero-order valence-corrected chi connectivity index (χ0v) is 11.0. The van der Waals surface area contributed by atoms with Gasteiger partial charge in [0.1, 0.15) is 11.7 Å². The zero-order chi connectivity index (χ0) is 15.0. The normalized spacial score (nSPS) is 21.7. The van der Waals surface area contributed by atoms with Crippen molar-refractivity contribution in [3.63, 3.8) is 0 Å². The first kappa shape index (κ1) is 13.4. The van der Waals surface area contributed by atoms with E-state index in [1.807, 2.05) is 6.07 Å². The van der Waals surface area contributed by atoms with Crippen LogP contribution >= 0.6 is 0 Å². The third-order valence-electron chi connectivity index (χ3n) is 3.49. The lowest BCUT2D eigenvalue weighted by Gasteiger charge is -2.20. The molecular formula is C14H13N3O4. The number of aromatic nitrogens is 2. The van der Waals surface area contributed by atoms with Crippen molar-refractivity contribution in [3.05, 3.63) is 36.2 Å². The summed E-state index contributed by atoms with van der Waals surface area (Å²) >= 11 is 0. The topological polar surface area (TPSA) is 104 Å². The van der Waals surface area contributed by atoms with Crippen molar-refractivity contribution in [1.82, 2.24) is 14.9 Å². The van der Waals surface area contributed by atoms with Gasteiger partial charge in [0, 0.05) is 13.0 Å². The molecule has 1 saturated heterocycles. The van der Waals surface area contributed by atoms with Gasteiger partial charge in [-0.2, -0.15) is 0 Å². The summed E-state index contributed by atoms with van der Waals surface area (Å²) in [5.41, 5.74) is 1.30. The number of hydrogen-bond acceptors (Lipinski definition) is 5. The Bertz CT molecular complexity index is 718. The highest BCUT2D eigenvalue weighted by molar-refractivity contribution is 5.96. The highest BCUT2D eigenvalue weighted by atomic mass is 16.4. The molecule has 108 valence electrons. The molecular weight excluding hydrogens is 274 g/mol. The van der Waals surface area contributed by atoms with Gasteiger partial charge in [-0.1, -0.05) is 12.1 Å². The predicted octanol–water partition coefficient (Wildman–Crippen LogP) is 0.290. The Kier molecular flexibility index (Phi) is 3.26. The van der Waals surface area contributed by atoms with E-state index in [0.717, 1.165) is 4.90 Å². The molecule has 1 aromatic heterocycles. The predicted molar refractivity (Wildman–Crippen MR) is 72.6 cm³/mol. The quantitative estimate of drug-likeness (QED) is 0.822. The molecule has 3 rings (SSSR count). The highest BCUT2D eigenvalue weighted by Crippen LogP contribution is 2.21. The molecule has 1 aliphatic rings. The molecule has 0 spiro atoms. The lowest BCUT2D eigenvalue weighted by atomic mass is 10.2. The maximum atomic E-state index is 12.4. The molecule has 21 heavy (non-hydrogen) atoms. The maximum absolute atomic E-state index is 12.4. The minimum Gasteiger partial charge on any atom is -0.480 e. The van der Waals surface area contributed by atoms with Crippen molar-refractivity contribution >= 4 is 22.9 Å². The number of rotatable bonds is 2. The van der Waals surface area contributed by atoms with Gasteiger partial charge in [0.2, 0.25) is 0 Å². The first-order valence-corrected chi connectivity index (χ1v) is 6.50. The fraction of sp³-hybridized carbons (Fsp3) is 0.286. The molecule has 1 aliphatic heterocycles. The number of para-hydroxylation sites is 2. The summed E-state index contributed by atoms with van der Waals surface area (Å²) in [4.78, 5) is 33.0. The van der Waals surface area contributed by atoms with Crippen LogP contribution in [-0.2, 0) is 4.79 Å². The number of carboxylic acids is 1. The number of fused-ring (bicyclic) bond motifs is 1. The van der Waals surface area contributed by atoms with E-state index in [4.69, 9.17) is 5.11 Å². The third kappa shape index (κ3) is 2.43. The number of nitrogens with zero attached hydrogens (tertiary/aromatic N) is 3. The van der Waals surface area contributed by atoms with Gasteiger partial charge in [-0.25, -0.2) is 9.78 Å². The fourth-order valence-corrected chi connectivity index (χ4v) is 2.48. The summed E-state index contributed by atoms with van der Waals surface area (Å²) in [5.74, 6) is -1.66. The van der Waals surface area contributed by atoms with Crippen LogP contribution in [0.5, 0.6) is 0 Å². The number of amides is 1. The molecule has 2 heterocycles. The number of likely N-dealkylation sites (tertiary alicyclic amines) is 1. The van der Waals surface area contributed by atoms with E-state index in [-0.39, 0.29) is 18.7 Å². The van der Waals surface area contributed by atoms with Crippen LogP contribution < -0.4 is 0 Å². The number of aliphatic carboxylic acids is 1. The smallest absolute Gasteiger partial charge is 0.326 e. The lowest BCUT2D eigenvalue weighted by molar-refractivity contribution is -0.141. The van der Waals surface area contributed by atoms with Gasteiger partial charge in [-0.15, -0.1) is 0 Å². The summed E-state index contributed by atoms with van der Waals surface area (Å²) in [6, 6.07) is 6.07. The van der Waals surface area contributed by atoms with Crippen LogP contribution in [0.25, 0.3) is 11.0 Å². The van der Waals surface area contributed by atoms with E-state index in [9.17, 15) is 14.7 Å². The standard InChI is InChI=1S/C14H13N3O4/c18-8-5-12(14(20)21)17(7-8)13(19)11-6-15-9-3-1-2-4-10(9)16-11/h1-4,6,8,12,18H,5,7H2,(H,20,21)/t8?,12-/m0/s1. The first-order chi connectivity index (χ1) is 10.1. The van der Waals surface area contributed by atoms with Crippen molar-refractivity contribution < 1.29 is 19.8 Å². The van der Waals surface area contributed by atoms with Gasteiger partial charge in [0.15, 0.2) is 0 Å². The molecule has 1 amide bonds. The average molecular weight is 287 g/mol. The number of β-amino-alcohol motifs (C(OH)–C–C–N with tert-alkyl or cyclic N) is 1. The molecule has 2 N–H and O–H groups in total. The van der Waals surface area contributed by atoms with Crippen LogP contribution in [0.2, 0.25) is 0 Å². The Hall–Kier alpha value is -2.54. The molecule has 0 aliphatic carbocycles. The Morgan fingerprint density at radius 2 is 1.95 bits per heavy atom. The molecule has 7 heteroatoms. The van der Waals surface area contributed by atoms with Gasteiger partial charge in [0.05, 0.1) is 23.3 Å². The monoisotopic (exact) mass is 287 g/mol. The molecule has 1 unspecified atom stereocenters. The number of carbonyl (C=O) groups is 2. The third-order valence-corrected chi connectivity index (χ3v) is 3.49. The first-order valence-electron chi connectivity index (χ1n) is 6.50. The Morgan fingerprint density at radius 3 is 2.67 bits per heavy atom. The molecule has 2 atom stereocenters. The van der Waals surface area contributed by atoms with E-state index >= 15 is 0 Å². The number of aliphatic hydroxyl groups excluding tert-OH is 1. The van der Waals surface area contributed by atoms with Gasteiger partial charge < -0.3 is 15.1 Å². The molecule has 2 aromatic rings. The summed E-state index contributed by atoms with van der Waals surface area (Å²) < 4.78 is 0. The van der Waals surface area contributed by atoms with Crippen LogP contribution in [-0.4, -0.2) is 55.6 Å². The molecule has 0 bridgehead atoms. The molecule has 1 aromatic carbocycles. The van der Waals surface area contributed by atoms with Crippen LogP contribution in [0.3, 0.4) is 0 Å². The number of hydrogen-bond donors (Lipinski definition) is 2. The minimum absolute atomic E-state index is 0.00962. The largest absolute Gasteiger partial charge is 0.480 e. The molecule has 0 radical (unpaired) electrons. The van der Waals surface area contributed by atoms with E-state index in [0.29, 0.717) is 11.0 Å². The van der Waals surface area contributed by atoms with E-state index in [2.05, 4.69) is 9.97 Å². The lowest BCUT2D eigenvalue weighted by Crippen LogP contribution is -2.41. The molecule has 0 saturated carbocycles. The van der Waals surface area contributed by atoms with Crippen molar-refractivity contribution in [1.29, 1.82) is 0 Å². The van der Waals surface area contributed by atoms with Gasteiger partial charge in [0.25, 0.3) is 5.91 Å². The van der Waals surface area contributed by atoms with Crippen LogP contribution in [0.1, 0.15) is 16.9 Å².